The smallest absolute Gasteiger partial charge is 0.255 e. The number of pyridine rings is 1. The van der Waals surface area contributed by atoms with Crippen LogP contribution in [0, 0.1) is 5.92 Å². The molecule has 1 saturated heterocycles. The van der Waals surface area contributed by atoms with E-state index in [1.807, 2.05) is 52.9 Å². The van der Waals surface area contributed by atoms with E-state index in [0.29, 0.717) is 24.6 Å². The van der Waals surface area contributed by atoms with Crippen LogP contribution in [-0.4, -0.2) is 44.7 Å². The fourth-order valence-corrected chi connectivity index (χ4v) is 4.11. The lowest BCUT2D eigenvalue weighted by Crippen LogP contribution is -2.49. The third-order valence-electron chi connectivity index (χ3n) is 5.72. The van der Waals surface area contributed by atoms with Crippen molar-refractivity contribution >= 4 is 16.9 Å². The van der Waals surface area contributed by atoms with Crippen LogP contribution in [0.25, 0.3) is 22.3 Å². The summed E-state index contributed by atoms with van der Waals surface area (Å²) in [6.45, 7) is 6.20. The Balaban J connectivity index is 1.83. The molecular weight excluding hydrogens is 350 g/mol. The van der Waals surface area contributed by atoms with Crippen molar-refractivity contribution in [2.45, 2.75) is 39.3 Å². The molecule has 2 unspecified atom stereocenters. The van der Waals surface area contributed by atoms with Gasteiger partial charge in [-0.1, -0.05) is 37.3 Å². The van der Waals surface area contributed by atoms with Gasteiger partial charge in [0.1, 0.15) is 0 Å². The second kappa shape index (κ2) is 7.72. The van der Waals surface area contributed by atoms with Gasteiger partial charge in [0.25, 0.3) is 5.91 Å². The van der Waals surface area contributed by atoms with E-state index in [4.69, 9.17) is 10.7 Å². The standard InChI is InChI=1S/C22H27N5O/c1-3-27-21-19(14-24-27)18(12-20(25-21)16-7-5-4-6-8-16)22(28)26-10-9-15(2)11-17(26)13-23/h4-8,12,14-15,17H,3,9-11,13,23H2,1-2H3. The lowest BCUT2D eigenvalue weighted by atomic mass is 9.91. The highest BCUT2D eigenvalue weighted by Gasteiger charge is 2.31. The first kappa shape index (κ1) is 18.6. The van der Waals surface area contributed by atoms with Crippen LogP contribution in [0.1, 0.15) is 37.0 Å². The number of aryl methyl sites for hydroxylation is 1. The lowest BCUT2D eigenvalue weighted by Gasteiger charge is -2.38. The zero-order chi connectivity index (χ0) is 19.7. The number of likely N-dealkylation sites (tertiary alicyclic amines) is 1. The third kappa shape index (κ3) is 3.29. The van der Waals surface area contributed by atoms with E-state index < -0.39 is 0 Å². The molecular formula is C22H27N5O. The van der Waals surface area contributed by atoms with E-state index in [2.05, 4.69) is 12.0 Å². The number of nitrogens with zero attached hydrogens (tertiary/aromatic N) is 4. The minimum atomic E-state index is 0.0302. The van der Waals surface area contributed by atoms with Crippen molar-refractivity contribution in [3.8, 4) is 11.3 Å². The average molecular weight is 377 g/mol. The Kier molecular flexibility index (Phi) is 5.13. The van der Waals surface area contributed by atoms with Crippen molar-refractivity contribution < 1.29 is 4.79 Å². The number of benzene rings is 1. The van der Waals surface area contributed by atoms with E-state index in [1.54, 1.807) is 6.20 Å². The number of fused-ring (bicyclic) bond motifs is 1. The normalized spacial score (nSPS) is 19.9. The SMILES string of the molecule is CCn1ncc2c(C(=O)N3CCC(C)CC3CN)cc(-c3ccccc3)nc21. The van der Waals surface area contributed by atoms with Crippen molar-refractivity contribution in [1.29, 1.82) is 0 Å². The van der Waals surface area contributed by atoms with Gasteiger partial charge in [-0.25, -0.2) is 9.67 Å². The van der Waals surface area contributed by atoms with Crippen molar-refractivity contribution in [3.63, 3.8) is 0 Å². The van der Waals surface area contributed by atoms with E-state index in [9.17, 15) is 4.79 Å². The minimum absolute atomic E-state index is 0.0302. The van der Waals surface area contributed by atoms with Gasteiger partial charge in [0.15, 0.2) is 5.65 Å². The number of aromatic nitrogens is 3. The number of piperidine rings is 1. The van der Waals surface area contributed by atoms with Gasteiger partial charge in [-0.15, -0.1) is 0 Å². The molecule has 6 heteroatoms. The number of rotatable bonds is 4. The van der Waals surface area contributed by atoms with Crippen LogP contribution in [-0.2, 0) is 6.54 Å². The summed E-state index contributed by atoms with van der Waals surface area (Å²) in [6, 6.07) is 12.0. The highest BCUT2D eigenvalue weighted by Crippen LogP contribution is 2.29. The van der Waals surface area contributed by atoms with Crippen LogP contribution in [0.2, 0.25) is 0 Å². The van der Waals surface area contributed by atoms with Crippen LogP contribution in [0.15, 0.2) is 42.6 Å². The van der Waals surface area contributed by atoms with Crippen molar-refractivity contribution in [2.75, 3.05) is 13.1 Å². The van der Waals surface area contributed by atoms with E-state index in [0.717, 1.165) is 41.7 Å². The second-order valence-corrected chi connectivity index (χ2v) is 7.64. The zero-order valence-electron chi connectivity index (χ0n) is 16.5. The van der Waals surface area contributed by atoms with Crippen molar-refractivity contribution in [1.82, 2.24) is 19.7 Å². The summed E-state index contributed by atoms with van der Waals surface area (Å²) in [5.41, 5.74) is 9.21. The first-order chi connectivity index (χ1) is 13.6. The largest absolute Gasteiger partial charge is 0.334 e. The Labute approximate surface area is 165 Å². The van der Waals surface area contributed by atoms with Crippen LogP contribution >= 0.6 is 0 Å². The molecule has 1 amide bonds. The highest BCUT2D eigenvalue weighted by atomic mass is 16.2. The molecule has 3 aromatic rings. The maximum atomic E-state index is 13.6. The van der Waals surface area contributed by atoms with Gasteiger partial charge in [0.2, 0.25) is 0 Å². The van der Waals surface area contributed by atoms with Gasteiger partial charge in [0.05, 0.1) is 22.8 Å². The Bertz CT molecular complexity index is 981. The van der Waals surface area contributed by atoms with E-state index >= 15 is 0 Å². The summed E-state index contributed by atoms with van der Waals surface area (Å²) in [7, 11) is 0. The van der Waals surface area contributed by atoms with Crippen LogP contribution in [0.5, 0.6) is 0 Å². The molecule has 146 valence electrons. The van der Waals surface area contributed by atoms with Crippen LogP contribution in [0.3, 0.4) is 0 Å². The molecule has 0 saturated carbocycles. The molecule has 0 radical (unpaired) electrons. The van der Waals surface area contributed by atoms with E-state index in [1.165, 1.54) is 0 Å². The maximum absolute atomic E-state index is 13.6. The molecule has 28 heavy (non-hydrogen) atoms. The number of amides is 1. The fourth-order valence-electron chi connectivity index (χ4n) is 4.11. The Morgan fingerprint density at radius 2 is 2.07 bits per heavy atom. The average Bonchev–Trinajstić information content (AvgIpc) is 3.16. The molecule has 0 bridgehead atoms. The fraction of sp³-hybridized carbons (Fsp3) is 0.409. The highest BCUT2D eigenvalue weighted by molar-refractivity contribution is 6.06. The van der Waals surface area contributed by atoms with Gasteiger partial charge >= 0.3 is 0 Å². The molecule has 2 aromatic heterocycles. The molecule has 1 aliphatic heterocycles. The molecule has 0 aliphatic carbocycles. The topological polar surface area (TPSA) is 77.0 Å². The van der Waals surface area contributed by atoms with Gasteiger partial charge in [-0.05, 0) is 31.7 Å². The molecule has 1 aromatic carbocycles. The second-order valence-electron chi connectivity index (χ2n) is 7.64. The number of hydrogen-bond acceptors (Lipinski definition) is 4. The molecule has 2 N–H and O–H groups in total. The summed E-state index contributed by atoms with van der Waals surface area (Å²) in [4.78, 5) is 20.3. The predicted octanol–water partition coefficient (Wildman–Crippen LogP) is 3.32. The maximum Gasteiger partial charge on any atom is 0.255 e. The zero-order valence-corrected chi connectivity index (χ0v) is 16.5. The minimum Gasteiger partial charge on any atom is -0.334 e. The van der Waals surface area contributed by atoms with E-state index in [-0.39, 0.29) is 11.9 Å². The molecule has 1 aliphatic rings. The lowest BCUT2D eigenvalue weighted by molar-refractivity contribution is 0.0575. The molecule has 1 fully saturated rings. The Morgan fingerprint density at radius 3 is 2.79 bits per heavy atom. The first-order valence-electron chi connectivity index (χ1n) is 10.0. The Hall–Kier alpha value is -2.73. The molecule has 3 heterocycles. The first-order valence-corrected chi connectivity index (χ1v) is 10.0. The summed E-state index contributed by atoms with van der Waals surface area (Å²) in [5.74, 6) is 0.625. The number of hydrogen-bond donors (Lipinski definition) is 1. The number of carbonyl (C=O) groups excluding carboxylic acids is 1. The van der Waals surface area contributed by atoms with Gasteiger partial charge in [0, 0.05) is 31.2 Å². The molecule has 6 nitrogen and oxygen atoms in total. The number of nitrogens with two attached hydrogens (primary N) is 1. The third-order valence-corrected chi connectivity index (χ3v) is 5.72. The molecule has 4 rings (SSSR count). The van der Waals surface area contributed by atoms with Gasteiger partial charge in [-0.2, -0.15) is 5.10 Å². The summed E-state index contributed by atoms with van der Waals surface area (Å²) in [6.07, 6.45) is 3.73. The van der Waals surface area contributed by atoms with Crippen LogP contribution in [0.4, 0.5) is 0 Å². The summed E-state index contributed by atoms with van der Waals surface area (Å²) < 4.78 is 1.84. The molecule has 0 spiro atoms. The number of carbonyl (C=O) groups is 1. The van der Waals surface area contributed by atoms with Crippen molar-refractivity contribution in [3.05, 3.63) is 48.2 Å². The monoisotopic (exact) mass is 377 g/mol. The van der Waals surface area contributed by atoms with Crippen LogP contribution < -0.4 is 5.73 Å². The summed E-state index contributed by atoms with van der Waals surface area (Å²) >= 11 is 0. The van der Waals surface area contributed by atoms with Gasteiger partial charge in [-0.3, -0.25) is 4.79 Å². The van der Waals surface area contributed by atoms with Crippen molar-refractivity contribution in [2.24, 2.45) is 11.7 Å². The summed E-state index contributed by atoms with van der Waals surface area (Å²) in [5, 5.41) is 5.25. The predicted molar refractivity (Wildman–Crippen MR) is 111 cm³/mol. The van der Waals surface area contributed by atoms with Gasteiger partial charge < -0.3 is 10.6 Å². The Morgan fingerprint density at radius 1 is 1.29 bits per heavy atom. The quantitative estimate of drug-likeness (QED) is 0.757. The molecule has 2 atom stereocenters.